The van der Waals surface area contributed by atoms with Crippen LogP contribution in [0.4, 0.5) is 17.3 Å². The number of aromatic nitrogens is 3. The van der Waals surface area contributed by atoms with Gasteiger partial charge < -0.3 is 20.2 Å². The van der Waals surface area contributed by atoms with Crippen LogP contribution in [0.15, 0.2) is 85.2 Å². The van der Waals surface area contributed by atoms with Crippen molar-refractivity contribution in [1.29, 1.82) is 0 Å². The third-order valence-corrected chi connectivity index (χ3v) is 10.2. The van der Waals surface area contributed by atoms with E-state index in [-0.39, 0.29) is 5.91 Å². The summed E-state index contributed by atoms with van der Waals surface area (Å²) in [5, 5.41) is 8.17. The van der Waals surface area contributed by atoms with Crippen LogP contribution >= 0.6 is 7.14 Å². The minimum absolute atomic E-state index is 0.230. The number of H-pyrrole nitrogens is 1. The van der Waals surface area contributed by atoms with Crippen LogP contribution in [0.1, 0.15) is 29.8 Å². The first-order valence-electron chi connectivity index (χ1n) is 12.7. The smallest absolute Gasteiger partial charge is 0.255 e. The van der Waals surface area contributed by atoms with Crippen molar-refractivity contribution in [2.75, 3.05) is 23.0 Å². The largest absolute Gasteiger partial charge is 0.360 e. The van der Waals surface area contributed by atoms with Crippen LogP contribution in [0.25, 0.3) is 22.2 Å². The zero-order chi connectivity index (χ0) is 26.7. The Bertz CT molecular complexity index is 1650. The van der Waals surface area contributed by atoms with Gasteiger partial charge >= 0.3 is 0 Å². The fourth-order valence-corrected chi connectivity index (χ4v) is 6.35. The molecule has 0 aliphatic heterocycles. The van der Waals surface area contributed by atoms with Crippen LogP contribution < -0.4 is 15.9 Å². The normalized spacial score (nSPS) is 11.4. The number of carbonyl (C=O) groups excluding carboxylic acids is 1. The molecular formula is C30H30N5O2P. The first-order chi connectivity index (χ1) is 18.4. The number of hydrogen-bond acceptors (Lipinski definition) is 5. The van der Waals surface area contributed by atoms with E-state index in [1.165, 1.54) is 0 Å². The van der Waals surface area contributed by atoms with Gasteiger partial charge in [0.05, 0.1) is 5.69 Å². The summed E-state index contributed by atoms with van der Waals surface area (Å²) in [7, 11) is -2.38. The number of hydrogen-bond donors (Lipinski definition) is 3. The van der Waals surface area contributed by atoms with Crippen molar-refractivity contribution in [3.05, 3.63) is 96.3 Å². The molecule has 0 aliphatic carbocycles. The summed E-state index contributed by atoms with van der Waals surface area (Å²) in [4.78, 5) is 25.3. The summed E-state index contributed by atoms with van der Waals surface area (Å²) >= 11 is 0. The van der Waals surface area contributed by atoms with E-state index in [9.17, 15) is 9.36 Å². The molecule has 2 aromatic heterocycles. The van der Waals surface area contributed by atoms with Crippen molar-refractivity contribution < 1.29 is 9.36 Å². The van der Waals surface area contributed by atoms with Crippen molar-refractivity contribution in [3.63, 3.8) is 0 Å². The molecule has 5 aromatic rings. The molecule has 192 valence electrons. The number of carbonyl (C=O) groups is 1. The monoisotopic (exact) mass is 523 g/mol. The van der Waals surface area contributed by atoms with E-state index in [1.54, 1.807) is 18.3 Å². The molecule has 8 heteroatoms. The topological polar surface area (TPSA) is 99.8 Å². The lowest BCUT2D eigenvalue weighted by molar-refractivity contribution is 0.102. The SMILES string of the molecule is CCP(=O)(CC)c1ccc(C(=O)Nc2ccc(C)c(Nc3nccc(-c4c[nH]c5ccccc45)n3)c2)cc1. The van der Waals surface area contributed by atoms with Crippen molar-refractivity contribution in [2.45, 2.75) is 20.8 Å². The highest BCUT2D eigenvalue weighted by Gasteiger charge is 2.20. The number of nitrogens with zero attached hydrogens (tertiary/aromatic N) is 2. The second-order valence-electron chi connectivity index (χ2n) is 9.19. The second kappa shape index (κ2) is 10.6. The molecule has 0 fully saturated rings. The van der Waals surface area contributed by atoms with Gasteiger partial charge in [-0.15, -0.1) is 0 Å². The molecule has 2 heterocycles. The van der Waals surface area contributed by atoms with E-state index in [1.807, 2.05) is 81.6 Å². The standard InChI is InChI=1S/C30H30N5O2P/c1-4-38(37,5-2)23-14-11-21(12-15-23)29(36)33-22-13-10-20(3)28(18-22)35-30-31-17-16-27(34-30)25-19-32-26-9-7-6-8-24(25)26/h6-19,32H,4-5H2,1-3H3,(H,33,36)(H,31,34,35). The van der Waals surface area contributed by atoms with E-state index in [2.05, 4.69) is 26.7 Å². The van der Waals surface area contributed by atoms with Gasteiger partial charge in [-0.1, -0.05) is 50.2 Å². The Morgan fingerprint density at radius 3 is 2.50 bits per heavy atom. The summed E-state index contributed by atoms with van der Waals surface area (Å²) in [5.74, 6) is 0.234. The van der Waals surface area contributed by atoms with Gasteiger partial charge in [-0.25, -0.2) is 9.97 Å². The summed E-state index contributed by atoms with van der Waals surface area (Å²) in [6, 6.07) is 22.7. The molecule has 0 saturated heterocycles. The number of rotatable bonds is 8. The molecule has 0 bridgehead atoms. The summed E-state index contributed by atoms with van der Waals surface area (Å²) < 4.78 is 13.0. The Hall–Kier alpha value is -4.22. The number of anilines is 3. The van der Waals surface area contributed by atoms with Gasteiger partial charge in [-0.2, -0.15) is 0 Å². The van der Waals surface area contributed by atoms with Crippen LogP contribution in [-0.4, -0.2) is 33.2 Å². The van der Waals surface area contributed by atoms with Gasteiger partial charge in [0.25, 0.3) is 5.91 Å². The van der Waals surface area contributed by atoms with E-state index in [4.69, 9.17) is 4.98 Å². The van der Waals surface area contributed by atoms with Crippen molar-refractivity contribution in [1.82, 2.24) is 15.0 Å². The third-order valence-electron chi connectivity index (χ3n) is 6.88. The Balaban J connectivity index is 1.34. The van der Waals surface area contributed by atoms with Gasteiger partial charge in [0, 0.05) is 63.4 Å². The molecule has 38 heavy (non-hydrogen) atoms. The number of para-hydroxylation sites is 1. The summed E-state index contributed by atoms with van der Waals surface area (Å²) in [6.07, 6.45) is 4.91. The average molecular weight is 524 g/mol. The molecule has 0 spiro atoms. The van der Waals surface area contributed by atoms with E-state index < -0.39 is 7.14 Å². The van der Waals surface area contributed by atoms with E-state index >= 15 is 0 Å². The number of aryl methyl sites for hydroxylation is 1. The molecule has 3 N–H and O–H groups in total. The predicted octanol–water partition coefficient (Wildman–Crippen LogP) is 6.96. The quantitative estimate of drug-likeness (QED) is 0.191. The highest BCUT2D eigenvalue weighted by Crippen LogP contribution is 2.43. The van der Waals surface area contributed by atoms with Crippen LogP contribution in [0.3, 0.4) is 0 Å². The molecule has 1 amide bonds. The lowest BCUT2D eigenvalue weighted by Gasteiger charge is -2.15. The van der Waals surface area contributed by atoms with E-state index in [0.717, 1.165) is 38.7 Å². The van der Waals surface area contributed by atoms with Gasteiger partial charge in [0.15, 0.2) is 0 Å². The molecule has 0 unspecified atom stereocenters. The molecule has 0 aliphatic rings. The van der Waals surface area contributed by atoms with Gasteiger partial charge in [0.2, 0.25) is 5.95 Å². The van der Waals surface area contributed by atoms with Crippen LogP contribution in [-0.2, 0) is 4.57 Å². The molecule has 7 nitrogen and oxygen atoms in total. The Labute approximate surface area is 222 Å². The molecule has 0 radical (unpaired) electrons. The van der Waals surface area contributed by atoms with E-state index in [0.29, 0.717) is 29.5 Å². The van der Waals surface area contributed by atoms with Crippen molar-refractivity contribution >= 4 is 46.6 Å². The Morgan fingerprint density at radius 2 is 1.74 bits per heavy atom. The zero-order valence-corrected chi connectivity index (χ0v) is 22.5. The van der Waals surface area contributed by atoms with Crippen LogP contribution in [0, 0.1) is 6.92 Å². The fraction of sp³-hybridized carbons (Fsp3) is 0.167. The first-order valence-corrected chi connectivity index (χ1v) is 14.7. The van der Waals surface area contributed by atoms with Crippen LogP contribution in [0.5, 0.6) is 0 Å². The number of fused-ring (bicyclic) bond motifs is 1. The highest BCUT2D eigenvalue weighted by molar-refractivity contribution is 7.71. The minimum Gasteiger partial charge on any atom is -0.360 e. The molecule has 5 rings (SSSR count). The second-order valence-corrected chi connectivity index (χ2v) is 12.8. The maximum atomic E-state index is 13.0. The first kappa shape index (κ1) is 25.4. The zero-order valence-electron chi connectivity index (χ0n) is 21.7. The maximum Gasteiger partial charge on any atom is 0.255 e. The Morgan fingerprint density at radius 1 is 0.974 bits per heavy atom. The highest BCUT2D eigenvalue weighted by atomic mass is 31.2. The Kier molecular flexibility index (Phi) is 7.12. The molecule has 0 saturated carbocycles. The number of amides is 1. The lowest BCUT2D eigenvalue weighted by atomic mass is 10.1. The fourth-order valence-electron chi connectivity index (χ4n) is 4.48. The maximum absolute atomic E-state index is 13.0. The van der Waals surface area contributed by atoms with Crippen molar-refractivity contribution in [3.8, 4) is 11.3 Å². The molecule has 3 aromatic carbocycles. The van der Waals surface area contributed by atoms with Gasteiger partial charge in [-0.3, -0.25) is 4.79 Å². The van der Waals surface area contributed by atoms with Crippen LogP contribution in [0.2, 0.25) is 0 Å². The van der Waals surface area contributed by atoms with Gasteiger partial charge in [0.1, 0.15) is 7.14 Å². The lowest BCUT2D eigenvalue weighted by Crippen LogP contribution is -2.14. The van der Waals surface area contributed by atoms with Gasteiger partial charge in [-0.05, 0) is 48.9 Å². The molecular weight excluding hydrogens is 493 g/mol. The number of nitrogens with one attached hydrogen (secondary N) is 3. The summed E-state index contributed by atoms with van der Waals surface area (Å²) in [6.45, 7) is 5.87. The number of aromatic amines is 1. The minimum atomic E-state index is -2.38. The average Bonchev–Trinajstić information content (AvgIpc) is 3.39. The van der Waals surface area contributed by atoms with Crippen molar-refractivity contribution in [2.24, 2.45) is 0 Å². The third kappa shape index (κ3) is 5.11. The summed E-state index contributed by atoms with van der Waals surface area (Å²) in [5.41, 5.74) is 5.80. The molecule has 0 atom stereocenters. The number of benzene rings is 3. The predicted molar refractivity (Wildman–Crippen MR) is 157 cm³/mol.